The number of rotatable bonds is 6. The third-order valence-electron chi connectivity index (χ3n) is 4.55. The smallest absolute Gasteiger partial charge is 0.345 e. The van der Waals surface area contributed by atoms with Gasteiger partial charge in [0.1, 0.15) is 5.56 Å². The maximum atomic E-state index is 12.9. The Morgan fingerprint density at radius 2 is 2.00 bits per heavy atom. The van der Waals surface area contributed by atoms with Crippen LogP contribution in [0.15, 0.2) is 58.3 Å². The number of carbonyl (C=O) groups excluding carboxylic acids is 2. The first kappa shape index (κ1) is 21.2. The van der Waals surface area contributed by atoms with Crippen LogP contribution in [-0.4, -0.2) is 34.1 Å². The first-order valence-corrected chi connectivity index (χ1v) is 11.2. The second kappa shape index (κ2) is 8.96. The van der Waals surface area contributed by atoms with E-state index in [0.29, 0.717) is 6.42 Å². The molecule has 31 heavy (non-hydrogen) atoms. The highest BCUT2D eigenvalue weighted by atomic mass is 35.5. The number of halogens is 1. The van der Waals surface area contributed by atoms with Crippen LogP contribution in [0.1, 0.15) is 32.6 Å². The molecule has 2 aromatic heterocycles. The molecule has 3 aromatic rings. The lowest BCUT2D eigenvalue weighted by molar-refractivity contribution is -0.385. The summed E-state index contributed by atoms with van der Waals surface area (Å²) < 4.78 is 5.08. The van der Waals surface area contributed by atoms with E-state index in [1.165, 1.54) is 39.8 Å². The highest BCUT2D eigenvalue weighted by molar-refractivity contribution is 7.12. The van der Waals surface area contributed by atoms with E-state index < -0.39 is 29.1 Å². The van der Waals surface area contributed by atoms with Crippen molar-refractivity contribution in [1.82, 2.24) is 5.01 Å². The molecule has 0 spiro atoms. The van der Waals surface area contributed by atoms with Gasteiger partial charge in [0.25, 0.3) is 11.6 Å². The molecule has 0 radical (unpaired) electrons. The summed E-state index contributed by atoms with van der Waals surface area (Å²) in [5.74, 6) is -1.50. The summed E-state index contributed by atoms with van der Waals surface area (Å²) in [7, 11) is 0. The van der Waals surface area contributed by atoms with Gasteiger partial charge in [-0.25, -0.2) is 9.80 Å². The Balaban J connectivity index is 1.51. The van der Waals surface area contributed by atoms with Gasteiger partial charge in [0.05, 0.1) is 21.6 Å². The molecule has 0 saturated heterocycles. The summed E-state index contributed by atoms with van der Waals surface area (Å²) in [5, 5.41) is 21.0. The van der Waals surface area contributed by atoms with Gasteiger partial charge in [-0.2, -0.15) is 5.10 Å². The molecule has 1 aliphatic heterocycles. The van der Waals surface area contributed by atoms with Crippen LogP contribution in [-0.2, 0) is 9.53 Å². The Morgan fingerprint density at radius 1 is 1.23 bits per heavy atom. The summed E-state index contributed by atoms with van der Waals surface area (Å²) in [4.78, 5) is 37.7. The Morgan fingerprint density at radius 3 is 2.68 bits per heavy atom. The van der Waals surface area contributed by atoms with Crippen molar-refractivity contribution in [2.45, 2.75) is 12.5 Å². The van der Waals surface area contributed by atoms with E-state index in [-0.39, 0.29) is 16.6 Å². The number of benzene rings is 1. The number of hydrogen-bond acceptors (Lipinski definition) is 8. The molecule has 0 fully saturated rings. The van der Waals surface area contributed by atoms with Crippen molar-refractivity contribution in [2.24, 2.45) is 5.10 Å². The molecule has 4 rings (SSSR count). The zero-order valence-corrected chi connectivity index (χ0v) is 18.2. The molecule has 0 N–H and O–H groups in total. The summed E-state index contributed by atoms with van der Waals surface area (Å²) in [6.07, 6.45) is 0.545. The molecule has 158 valence electrons. The van der Waals surface area contributed by atoms with Crippen molar-refractivity contribution in [3.8, 4) is 0 Å². The van der Waals surface area contributed by atoms with E-state index in [9.17, 15) is 19.7 Å². The molecule has 1 amide bonds. The number of nitro benzene ring substituents is 1. The molecular weight excluding hydrogens is 462 g/mol. The molecule has 11 heteroatoms. The molecular formula is C20H14ClN3O5S2. The van der Waals surface area contributed by atoms with E-state index in [1.807, 2.05) is 35.0 Å². The van der Waals surface area contributed by atoms with Gasteiger partial charge in [0.2, 0.25) is 0 Å². The number of esters is 1. The topological polar surface area (TPSA) is 102 Å². The van der Waals surface area contributed by atoms with Crippen molar-refractivity contribution >= 4 is 57.6 Å². The van der Waals surface area contributed by atoms with E-state index in [1.54, 1.807) is 0 Å². The highest BCUT2D eigenvalue weighted by Gasteiger charge is 2.34. The van der Waals surface area contributed by atoms with Crippen molar-refractivity contribution < 1.29 is 19.2 Å². The van der Waals surface area contributed by atoms with Crippen molar-refractivity contribution in [1.29, 1.82) is 0 Å². The van der Waals surface area contributed by atoms with E-state index in [0.717, 1.165) is 21.5 Å². The van der Waals surface area contributed by atoms with Crippen molar-refractivity contribution in [3.63, 3.8) is 0 Å². The molecule has 3 heterocycles. The largest absolute Gasteiger partial charge is 0.452 e. The maximum absolute atomic E-state index is 12.9. The average Bonchev–Trinajstić information content (AvgIpc) is 3.52. The SMILES string of the molecule is O=C(OCC(=O)N1N=C(c2cccs2)CC1c1cccs1)c1ccc(Cl)cc1[N+](=O)[O-]. The molecule has 1 aliphatic rings. The van der Waals surface area contributed by atoms with Gasteiger partial charge in [0.15, 0.2) is 6.61 Å². The molecule has 0 bridgehead atoms. The van der Waals surface area contributed by atoms with Gasteiger partial charge in [-0.1, -0.05) is 23.7 Å². The fourth-order valence-corrected chi connectivity index (χ4v) is 4.83. The van der Waals surface area contributed by atoms with Crippen LogP contribution >= 0.6 is 34.3 Å². The zero-order chi connectivity index (χ0) is 22.0. The van der Waals surface area contributed by atoms with Crippen LogP contribution < -0.4 is 0 Å². The quantitative estimate of drug-likeness (QED) is 0.286. The number of amides is 1. The molecule has 0 saturated carbocycles. The predicted molar refractivity (Wildman–Crippen MR) is 118 cm³/mol. The zero-order valence-electron chi connectivity index (χ0n) is 15.8. The standard InChI is InChI=1S/C20H14ClN3O5S2/c21-12-5-6-13(15(9-12)24(27)28)20(26)29-11-19(25)23-16(18-4-2-8-31-18)10-14(22-23)17-3-1-7-30-17/h1-9,16H,10-11H2. The fraction of sp³-hybridized carbons (Fsp3) is 0.150. The second-order valence-corrected chi connectivity index (χ2v) is 8.86. The van der Waals surface area contributed by atoms with Crippen molar-refractivity contribution in [2.75, 3.05) is 6.61 Å². The van der Waals surface area contributed by atoms with Crippen molar-refractivity contribution in [3.05, 3.63) is 83.7 Å². The molecule has 8 nitrogen and oxygen atoms in total. The third-order valence-corrected chi connectivity index (χ3v) is 6.67. The van der Waals surface area contributed by atoms with E-state index in [2.05, 4.69) is 5.10 Å². The minimum absolute atomic E-state index is 0.116. The monoisotopic (exact) mass is 475 g/mol. The predicted octanol–water partition coefficient (Wildman–Crippen LogP) is 4.91. The highest BCUT2D eigenvalue weighted by Crippen LogP contribution is 2.36. The van der Waals surface area contributed by atoms with Gasteiger partial charge < -0.3 is 4.74 Å². The maximum Gasteiger partial charge on any atom is 0.345 e. The van der Waals surface area contributed by atoms with Crippen LogP contribution in [0, 0.1) is 10.1 Å². The summed E-state index contributed by atoms with van der Waals surface area (Å²) >= 11 is 8.81. The lowest BCUT2D eigenvalue weighted by Gasteiger charge is -2.20. The number of carbonyl (C=O) groups is 2. The van der Waals surface area contributed by atoms with Gasteiger partial charge in [-0.15, -0.1) is 22.7 Å². The van der Waals surface area contributed by atoms with Gasteiger partial charge >= 0.3 is 5.97 Å². The second-order valence-electron chi connectivity index (χ2n) is 6.49. The lowest BCUT2D eigenvalue weighted by Crippen LogP contribution is -2.31. The fourth-order valence-electron chi connectivity index (χ4n) is 3.13. The molecule has 0 aliphatic carbocycles. The molecule has 1 aromatic carbocycles. The third kappa shape index (κ3) is 4.50. The first-order valence-electron chi connectivity index (χ1n) is 9.02. The number of ether oxygens (including phenoxy) is 1. The number of nitrogens with zero attached hydrogens (tertiary/aromatic N) is 3. The normalized spacial score (nSPS) is 15.6. The van der Waals surface area contributed by atoms with Crippen LogP contribution in [0.5, 0.6) is 0 Å². The number of nitro groups is 1. The van der Waals surface area contributed by atoms with E-state index >= 15 is 0 Å². The van der Waals surface area contributed by atoms with Crippen LogP contribution in [0.2, 0.25) is 5.02 Å². The minimum Gasteiger partial charge on any atom is -0.452 e. The Kier molecular flexibility index (Phi) is 6.12. The number of hydrazone groups is 1. The number of hydrogen-bond donors (Lipinski definition) is 0. The first-order chi connectivity index (χ1) is 14.9. The Labute approximate surface area is 189 Å². The van der Waals surface area contributed by atoms with Crippen LogP contribution in [0.4, 0.5) is 5.69 Å². The molecule has 1 unspecified atom stereocenters. The summed E-state index contributed by atoms with van der Waals surface area (Å²) in [6, 6.07) is 11.0. The summed E-state index contributed by atoms with van der Waals surface area (Å²) in [5.41, 5.74) is 0.0169. The van der Waals surface area contributed by atoms with Crippen LogP contribution in [0.3, 0.4) is 0 Å². The van der Waals surface area contributed by atoms with Gasteiger partial charge in [0, 0.05) is 22.4 Å². The Hall–Kier alpha value is -3.08. The Bertz CT molecular complexity index is 1160. The number of thiophene rings is 2. The average molecular weight is 476 g/mol. The van der Waals surface area contributed by atoms with Gasteiger partial charge in [-0.05, 0) is 35.0 Å². The molecule has 1 atom stereocenters. The van der Waals surface area contributed by atoms with Gasteiger partial charge in [-0.3, -0.25) is 14.9 Å². The van der Waals surface area contributed by atoms with E-state index in [4.69, 9.17) is 16.3 Å². The lowest BCUT2D eigenvalue weighted by atomic mass is 10.1. The van der Waals surface area contributed by atoms with Crippen LogP contribution in [0.25, 0.3) is 0 Å². The minimum atomic E-state index is -0.981. The summed E-state index contributed by atoms with van der Waals surface area (Å²) in [6.45, 7) is -0.596.